The highest BCUT2D eigenvalue weighted by Gasteiger charge is 2.32. The molecule has 1 heterocycles. The molecular weight excluding hydrogens is 454 g/mol. The van der Waals surface area contributed by atoms with Gasteiger partial charge in [0.1, 0.15) is 12.7 Å². The van der Waals surface area contributed by atoms with Crippen LogP contribution in [0.25, 0.3) is 5.03 Å². The standard InChI is InChI=1S/C26H38ClN3O4/c1-19-14-20(16-30(21-8-9-21)17-24(32)25-15-28-12-13-34-25)7-10-22(19)23(27)6-4-2-3-5-11-29-26(33)18-31/h6-7,10,14,21,25,28,31H,2-5,8-9,11-13,15-18H2,1H3,(H,29,33)/b23-6+. The number of amides is 1. The summed E-state index contributed by atoms with van der Waals surface area (Å²) in [5, 5.41) is 15.3. The fraction of sp³-hybridized carbons (Fsp3) is 0.615. The molecule has 0 radical (unpaired) electrons. The van der Waals surface area contributed by atoms with E-state index in [1.54, 1.807) is 0 Å². The number of ketones is 1. The molecule has 1 aliphatic carbocycles. The van der Waals surface area contributed by atoms with Crippen molar-refractivity contribution in [3.05, 3.63) is 41.0 Å². The quantitative estimate of drug-likeness (QED) is 0.347. The van der Waals surface area contributed by atoms with E-state index in [-0.39, 0.29) is 17.8 Å². The zero-order valence-electron chi connectivity index (χ0n) is 20.2. The first-order valence-corrected chi connectivity index (χ1v) is 12.8. The van der Waals surface area contributed by atoms with Crippen molar-refractivity contribution in [1.29, 1.82) is 0 Å². The summed E-state index contributed by atoms with van der Waals surface area (Å²) in [6, 6.07) is 6.85. The molecule has 1 aliphatic heterocycles. The maximum absolute atomic E-state index is 12.7. The summed E-state index contributed by atoms with van der Waals surface area (Å²) in [4.78, 5) is 26.0. The third-order valence-electron chi connectivity index (χ3n) is 6.31. The highest BCUT2D eigenvalue weighted by Crippen LogP contribution is 2.30. The third kappa shape index (κ3) is 8.78. The smallest absolute Gasteiger partial charge is 0.245 e. The predicted molar refractivity (Wildman–Crippen MR) is 135 cm³/mol. The number of halogens is 1. The van der Waals surface area contributed by atoms with Crippen LogP contribution in [0.15, 0.2) is 24.3 Å². The molecule has 1 saturated carbocycles. The zero-order chi connectivity index (χ0) is 24.3. The predicted octanol–water partition coefficient (Wildman–Crippen LogP) is 2.77. The molecule has 0 spiro atoms. The van der Waals surface area contributed by atoms with Crippen molar-refractivity contribution in [2.24, 2.45) is 0 Å². The largest absolute Gasteiger partial charge is 0.387 e. The summed E-state index contributed by atoms with van der Waals surface area (Å²) >= 11 is 6.59. The molecule has 1 atom stereocenters. The van der Waals surface area contributed by atoms with Crippen LogP contribution in [-0.2, 0) is 20.9 Å². The van der Waals surface area contributed by atoms with Gasteiger partial charge in [0, 0.05) is 37.3 Å². The van der Waals surface area contributed by atoms with E-state index in [0.29, 0.717) is 32.3 Å². The van der Waals surface area contributed by atoms with Crippen LogP contribution in [0.5, 0.6) is 0 Å². The molecule has 2 aliphatic rings. The van der Waals surface area contributed by atoms with Crippen LogP contribution in [0.4, 0.5) is 0 Å². The molecule has 1 amide bonds. The van der Waals surface area contributed by atoms with E-state index >= 15 is 0 Å². The SMILES string of the molecule is Cc1cc(CN(CC(=O)C2CNCCO2)C2CC2)ccc1/C(Cl)=C\CCCCCNC(=O)CO. The van der Waals surface area contributed by atoms with Crippen molar-refractivity contribution in [1.82, 2.24) is 15.5 Å². The lowest BCUT2D eigenvalue weighted by Gasteiger charge is -2.27. The molecule has 3 N–H and O–H groups in total. The number of allylic oxidation sites excluding steroid dienone is 1. The van der Waals surface area contributed by atoms with E-state index in [9.17, 15) is 9.59 Å². The second kappa shape index (κ2) is 14.0. The Morgan fingerprint density at radius 1 is 1.29 bits per heavy atom. The number of carbonyl (C=O) groups is 2. The number of unbranched alkanes of at least 4 members (excludes halogenated alkanes) is 3. The normalized spacial score (nSPS) is 18.8. The molecule has 8 heteroatoms. The molecule has 3 rings (SSSR count). The van der Waals surface area contributed by atoms with Crippen LogP contribution in [0.1, 0.15) is 55.2 Å². The maximum Gasteiger partial charge on any atom is 0.245 e. The second-order valence-corrected chi connectivity index (χ2v) is 9.63. The fourth-order valence-corrected chi connectivity index (χ4v) is 4.54. The van der Waals surface area contributed by atoms with Gasteiger partial charge in [-0.25, -0.2) is 0 Å². The van der Waals surface area contributed by atoms with Gasteiger partial charge in [0.05, 0.1) is 13.2 Å². The van der Waals surface area contributed by atoms with Crippen LogP contribution >= 0.6 is 11.6 Å². The van der Waals surface area contributed by atoms with Gasteiger partial charge in [0.25, 0.3) is 0 Å². The van der Waals surface area contributed by atoms with E-state index in [0.717, 1.165) is 67.8 Å². The Kier molecular flexibility index (Phi) is 11.0. The Morgan fingerprint density at radius 3 is 2.79 bits per heavy atom. The van der Waals surface area contributed by atoms with Crippen LogP contribution in [0.3, 0.4) is 0 Å². The van der Waals surface area contributed by atoms with E-state index in [4.69, 9.17) is 21.4 Å². The lowest BCUT2D eigenvalue weighted by atomic mass is 10.0. The Morgan fingerprint density at radius 2 is 2.12 bits per heavy atom. The molecule has 188 valence electrons. The first kappa shape index (κ1) is 26.8. The van der Waals surface area contributed by atoms with Crippen LogP contribution in [0.2, 0.25) is 0 Å². The molecule has 2 fully saturated rings. The highest BCUT2D eigenvalue weighted by atomic mass is 35.5. The first-order valence-electron chi connectivity index (χ1n) is 12.4. The third-order valence-corrected chi connectivity index (χ3v) is 6.67. The zero-order valence-corrected chi connectivity index (χ0v) is 20.9. The van der Waals surface area contributed by atoms with Gasteiger partial charge < -0.3 is 20.5 Å². The van der Waals surface area contributed by atoms with Gasteiger partial charge in [-0.2, -0.15) is 0 Å². The van der Waals surface area contributed by atoms with E-state index < -0.39 is 6.61 Å². The number of ether oxygens (including phenoxy) is 1. The lowest BCUT2D eigenvalue weighted by molar-refractivity contribution is -0.133. The van der Waals surface area contributed by atoms with Gasteiger partial charge in [-0.1, -0.05) is 42.3 Å². The molecule has 0 bridgehead atoms. The molecule has 7 nitrogen and oxygen atoms in total. The highest BCUT2D eigenvalue weighted by molar-refractivity contribution is 6.48. The average Bonchev–Trinajstić information content (AvgIpc) is 3.69. The lowest BCUT2D eigenvalue weighted by Crippen LogP contribution is -2.47. The number of Topliss-reactive ketones (excluding diaryl/α,β-unsaturated/α-hetero) is 1. The number of aliphatic hydroxyl groups excluding tert-OH is 1. The number of aliphatic hydroxyl groups is 1. The van der Waals surface area contributed by atoms with Crippen molar-refractivity contribution < 1.29 is 19.4 Å². The molecule has 1 aromatic carbocycles. The first-order chi connectivity index (χ1) is 16.5. The summed E-state index contributed by atoms with van der Waals surface area (Å²) < 4.78 is 5.64. The second-order valence-electron chi connectivity index (χ2n) is 9.22. The van der Waals surface area contributed by atoms with Crippen molar-refractivity contribution >= 4 is 28.3 Å². The molecule has 0 aromatic heterocycles. The molecule has 34 heavy (non-hydrogen) atoms. The number of hydrogen-bond acceptors (Lipinski definition) is 6. The minimum absolute atomic E-state index is 0.161. The minimum Gasteiger partial charge on any atom is -0.387 e. The van der Waals surface area contributed by atoms with Crippen LogP contribution < -0.4 is 10.6 Å². The number of carbonyl (C=O) groups excluding carboxylic acids is 2. The van der Waals surface area contributed by atoms with Crippen LogP contribution in [-0.4, -0.2) is 73.2 Å². The minimum atomic E-state index is -0.458. The Balaban J connectivity index is 1.47. The summed E-state index contributed by atoms with van der Waals surface area (Å²) in [5.41, 5.74) is 3.36. The number of aryl methyl sites for hydroxylation is 1. The maximum atomic E-state index is 12.7. The van der Waals surface area contributed by atoms with E-state index in [2.05, 4.69) is 46.7 Å². The number of rotatable bonds is 14. The van der Waals surface area contributed by atoms with E-state index in [1.807, 2.05) is 0 Å². The van der Waals surface area contributed by atoms with Gasteiger partial charge in [0.2, 0.25) is 5.91 Å². The van der Waals surface area contributed by atoms with E-state index in [1.165, 1.54) is 5.56 Å². The Hall–Kier alpha value is -1.77. The number of nitrogens with zero attached hydrogens (tertiary/aromatic N) is 1. The monoisotopic (exact) mass is 491 g/mol. The number of morpholine rings is 1. The van der Waals surface area contributed by atoms with Crippen molar-refractivity contribution in [2.45, 2.75) is 64.1 Å². The number of nitrogens with one attached hydrogen (secondary N) is 2. The summed E-state index contributed by atoms with van der Waals surface area (Å²) in [5.74, 6) is -0.168. The van der Waals surface area contributed by atoms with Gasteiger partial charge in [-0.15, -0.1) is 0 Å². The van der Waals surface area contributed by atoms with Gasteiger partial charge >= 0.3 is 0 Å². The molecule has 1 aromatic rings. The molecule has 1 saturated heterocycles. The fourth-order valence-electron chi connectivity index (χ4n) is 4.22. The van der Waals surface area contributed by atoms with Crippen LogP contribution in [0, 0.1) is 6.92 Å². The number of benzene rings is 1. The molecule has 1 unspecified atom stereocenters. The summed E-state index contributed by atoms with van der Waals surface area (Å²) in [6.45, 7) is 5.41. The van der Waals surface area contributed by atoms with Gasteiger partial charge in [-0.3, -0.25) is 14.5 Å². The average molecular weight is 492 g/mol. The van der Waals surface area contributed by atoms with Gasteiger partial charge in [0.15, 0.2) is 5.78 Å². The number of hydrogen-bond donors (Lipinski definition) is 3. The topological polar surface area (TPSA) is 90.9 Å². The Labute approximate surface area is 207 Å². The Bertz CT molecular complexity index is 850. The molecular formula is C26H38ClN3O4. The summed E-state index contributed by atoms with van der Waals surface area (Å²) in [6.07, 6.45) is 7.77. The van der Waals surface area contributed by atoms with Crippen molar-refractivity contribution in [3.8, 4) is 0 Å². The van der Waals surface area contributed by atoms with Crippen molar-refractivity contribution in [2.75, 3.05) is 39.4 Å². The van der Waals surface area contributed by atoms with Crippen molar-refractivity contribution in [3.63, 3.8) is 0 Å². The summed E-state index contributed by atoms with van der Waals surface area (Å²) in [7, 11) is 0. The van der Waals surface area contributed by atoms with Gasteiger partial charge in [-0.05, 0) is 55.7 Å².